The quantitative estimate of drug-likeness (QED) is 0.627. The van der Waals surface area contributed by atoms with Gasteiger partial charge < -0.3 is 14.2 Å². The molecule has 0 amide bonds. The Morgan fingerprint density at radius 3 is 2.54 bits per heavy atom. The van der Waals surface area contributed by atoms with Gasteiger partial charge in [0.25, 0.3) is 0 Å². The smallest absolute Gasteiger partial charge is 0.363 e. The van der Waals surface area contributed by atoms with E-state index in [1.54, 1.807) is 44.6 Å². The molecule has 2 aromatic carbocycles. The second-order valence-electron chi connectivity index (χ2n) is 4.96. The van der Waals surface area contributed by atoms with Gasteiger partial charge in [-0.3, -0.25) is 0 Å². The van der Waals surface area contributed by atoms with Gasteiger partial charge in [-0.05, 0) is 42.0 Å². The minimum absolute atomic E-state index is 0.168. The summed E-state index contributed by atoms with van der Waals surface area (Å²) in [6, 6.07) is 12.3. The zero-order valence-electron chi connectivity index (χ0n) is 13.1. The number of halogens is 1. The molecule has 0 bridgehead atoms. The molecule has 0 fully saturated rings. The van der Waals surface area contributed by atoms with Gasteiger partial charge in [0, 0.05) is 0 Å². The minimum Gasteiger partial charge on any atom is -0.497 e. The van der Waals surface area contributed by atoms with Crippen LogP contribution in [0.15, 0.2) is 53.2 Å². The summed E-state index contributed by atoms with van der Waals surface area (Å²) in [5.41, 5.74) is 1.51. The van der Waals surface area contributed by atoms with Gasteiger partial charge >= 0.3 is 5.97 Å². The molecule has 2 aromatic rings. The lowest BCUT2D eigenvalue weighted by Gasteiger charge is -2.05. The van der Waals surface area contributed by atoms with Crippen LogP contribution in [0.2, 0.25) is 5.02 Å². The van der Waals surface area contributed by atoms with Crippen molar-refractivity contribution >= 4 is 29.5 Å². The third-order valence-electron chi connectivity index (χ3n) is 3.42. The first-order valence-electron chi connectivity index (χ1n) is 7.11. The van der Waals surface area contributed by atoms with Crippen molar-refractivity contribution in [3.8, 4) is 11.5 Å². The average molecular weight is 344 g/mol. The predicted molar refractivity (Wildman–Crippen MR) is 91.6 cm³/mol. The Kier molecular flexibility index (Phi) is 4.53. The number of nitrogens with zero attached hydrogens (tertiary/aromatic N) is 1. The molecule has 0 atom stereocenters. The molecule has 0 unspecified atom stereocenters. The second-order valence-corrected chi connectivity index (χ2v) is 5.37. The first kappa shape index (κ1) is 16.1. The van der Waals surface area contributed by atoms with Crippen molar-refractivity contribution in [3.05, 3.63) is 64.3 Å². The Bertz CT molecular complexity index is 858. The normalized spacial score (nSPS) is 15.2. The number of cyclic esters (lactones) is 1. The van der Waals surface area contributed by atoms with E-state index in [1.807, 2.05) is 18.2 Å². The number of esters is 1. The Morgan fingerprint density at radius 2 is 1.83 bits per heavy atom. The van der Waals surface area contributed by atoms with Gasteiger partial charge in [0.05, 0.1) is 24.8 Å². The molecule has 1 aliphatic heterocycles. The molecule has 0 saturated carbocycles. The Morgan fingerprint density at radius 1 is 1.08 bits per heavy atom. The number of carbonyl (C=O) groups excluding carboxylic acids is 1. The zero-order valence-corrected chi connectivity index (χ0v) is 13.8. The molecule has 24 heavy (non-hydrogen) atoms. The fourth-order valence-corrected chi connectivity index (χ4v) is 2.46. The highest BCUT2D eigenvalue weighted by molar-refractivity contribution is 6.34. The van der Waals surface area contributed by atoms with Crippen LogP contribution >= 0.6 is 11.6 Å². The van der Waals surface area contributed by atoms with Crippen LogP contribution in [0.1, 0.15) is 11.1 Å². The van der Waals surface area contributed by atoms with E-state index >= 15 is 0 Å². The molecule has 0 radical (unpaired) electrons. The summed E-state index contributed by atoms with van der Waals surface area (Å²) in [5, 5.41) is 0.392. The molecular formula is C18H14ClNO4. The second kappa shape index (κ2) is 6.76. The highest BCUT2D eigenvalue weighted by Gasteiger charge is 2.25. The van der Waals surface area contributed by atoms with Crippen molar-refractivity contribution in [2.24, 2.45) is 4.99 Å². The Hall–Kier alpha value is -2.79. The van der Waals surface area contributed by atoms with Gasteiger partial charge in [0.1, 0.15) is 11.5 Å². The Labute approximate surface area is 144 Å². The van der Waals surface area contributed by atoms with E-state index in [4.69, 9.17) is 25.8 Å². The lowest BCUT2D eigenvalue weighted by molar-refractivity contribution is -0.129. The van der Waals surface area contributed by atoms with Crippen molar-refractivity contribution in [1.82, 2.24) is 0 Å². The molecule has 0 aromatic heterocycles. The first-order chi connectivity index (χ1) is 11.6. The van der Waals surface area contributed by atoms with Crippen molar-refractivity contribution in [3.63, 3.8) is 0 Å². The fraction of sp³-hybridized carbons (Fsp3) is 0.111. The van der Waals surface area contributed by atoms with Crippen LogP contribution in [0.5, 0.6) is 11.5 Å². The molecule has 5 nitrogen and oxygen atoms in total. The van der Waals surface area contributed by atoms with E-state index in [1.165, 1.54) is 0 Å². The third-order valence-corrected chi connectivity index (χ3v) is 3.74. The summed E-state index contributed by atoms with van der Waals surface area (Å²) >= 11 is 6.20. The van der Waals surface area contributed by atoms with Crippen LogP contribution in [0.4, 0.5) is 0 Å². The summed E-state index contributed by atoms with van der Waals surface area (Å²) in [4.78, 5) is 16.3. The van der Waals surface area contributed by atoms with Crippen molar-refractivity contribution in [2.75, 3.05) is 14.2 Å². The molecule has 0 aliphatic carbocycles. The summed E-state index contributed by atoms with van der Waals surface area (Å²) in [6.45, 7) is 0. The van der Waals surface area contributed by atoms with Gasteiger partial charge in [0.15, 0.2) is 5.70 Å². The number of ether oxygens (including phenoxy) is 3. The van der Waals surface area contributed by atoms with Crippen LogP contribution in [0.25, 0.3) is 6.08 Å². The van der Waals surface area contributed by atoms with Crippen molar-refractivity contribution in [1.29, 1.82) is 0 Å². The number of hydrogen-bond donors (Lipinski definition) is 0. The standard InChI is InChI=1S/C18H14ClNO4/c1-22-12-5-3-4-11(8-12)9-16-18(21)24-17(20-16)14-7-6-13(23-2)10-15(14)19/h3-10H,1-2H3/b16-9-. The zero-order chi connectivity index (χ0) is 17.1. The summed E-state index contributed by atoms with van der Waals surface area (Å²) in [6.07, 6.45) is 1.63. The van der Waals surface area contributed by atoms with E-state index in [9.17, 15) is 4.79 Å². The summed E-state index contributed by atoms with van der Waals surface area (Å²) < 4.78 is 15.5. The fourth-order valence-electron chi connectivity index (χ4n) is 2.21. The molecule has 1 heterocycles. The number of carbonyl (C=O) groups is 1. The van der Waals surface area contributed by atoms with Gasteiger partial charge in [-0.25, -0.2) is 9.79 Å². The SMILES string of the molecule is COc1cccc(/C=C2\N=C(c3ccc(OC)cc3Cl)OC2=O)c1. The molecule has 0 spiro atoms. The maximum Gasteiger partial charge on any atom is 0.363 e. The third kappa shape index (κ3) is 3.26. The Balaban J connectivity index is 1.94. The number of rotatable bonds is 4. The molecule has 0 saturated heterocycles. The molecule has 0 N–H and O–H groups in total. The van der Waals surface area contributed by atoms with E-state index in [0.717, 1.165) is 5.56 Å². The van der Waals surface area contributed by atoms with E-state index in [-0.39, 0.29) is 11.6 Å². The lowest BCUT2D eigenvalue weighted by atomic mass is 10.2. The highest BCUT2D eigenvalue weighted by atomic mass is 35.5. The van der Waals surface area contributed by atoms with Gasteiger partial charge in [-0.15, -0.1) is 0 Å². The number of methoxy groups -OCH3 is 2. The molecule has 3 rings (SSSR count). The molecule has 6 heteroatoms. The maximum absolute atomic E-state index is 12.0. The summed E-state index contributed by atoms with van der Waals surface area (Å²) in [5.74, 6) is 0.945. The van der Waals surface area contributed by atoms with Crippen LogP contribution < -0.4 is 9.47 Å². The number of hydrogen-bond acceptors (Lipinski definition) is 5. The van der Waals surface area contributed by atoms with E-state index < -0.39 is 5.97 Å². The van der Waals surface area contributed by atoms with Crippen LogP contribution in [-0.2, 0) is 9.53 Å². The maximum atomic E-state index is 12.0. The van der Waals surface area contributed by atoms with Crippen LogP contribution in [-0.4, -0.2) is 26.1 Å². The largest absolute Gasteiger partial charge is 0.497 e. The molecule has 122 valence electrons. The number of benzene rings is 2. The minimum atomic E-state index is -0.528. The van der Waals surface area contributed by atoms with Gasteiger partial charge in [-0.2, -0.15) is 0 Å². The molecular weight excluding hydrogens is 330 g/mol. The van der Waals surface area contributed by atoms with Crippen molar-refractivity contribution in [2.45, 2.75) is 0 Å². The first-order valence-corrected chi connectivity index (χ1v) is 7.49. The van der Waals surface area contributed by atoms with E-state index in [0.29, 0.717) is 22.1 Å². The molecule has 1 aliphatic rings. The topological polar surface area (TPSA) is 57.1 Å². The lowest BCUT2D eigenvalue weighted by Crippen LogP contribution is -2.06. The van der Waals surface area contributed by atoms with Crippen molar-refractivity contribution < 1.29 is 19.0 Å². The van der Waals surface area contributed by atoms with E-state index in [2.05, 4.69) is 4.99 Å². The predicted octanol–water partition coefficient (Wildman–Crippen LogP) is 3.70. The van der Waals surface area contributed by atoms with Gasteiger partial charge in [-0.1, -0.05) is 23.7 Å². The van der Waals surface area contributed by atoms with Gasteiger partial charge in [0.2, 0.25) is 5.90 Å². The van der Waals surface area contributed by atoms with Crippen LogP contribution in [0.3, 0.4) is 0 Å². The highest BCUT2D eigenvalue weighted by Crippen LogP contribution is 2.27. The monoisotopic (exact) mass is 343 g/mol. The average Bonchev–Trinajstić information content (AvgIpc) is 2.95. The number of aliphatic imine (C=N–C) groups is 1. The summed E-state index contributed by atoms with van der Waals surface area (Å²) in [7, 11) is 3.13. The van der Waals surface area contributed by atoms with Crippen LogP contribution in [0, 0.1) is 0 Å².